The molecule has 2 heteroatoms. The first kappa shape index (κ1) is 6.99. The molecule has 0 atom stereocenters. The van der Waals surface area contributed by atoms with Gasteiger partial charge in [0.15, 0.2) is 0 Å². The van der Waals surface area contributed by atoms with E-state index in [2.05, 4.69) is 11.9 Å². The van der Waals surface area contributed by atoms with Gasteiger partial charge in [-0.1, -0.05) is 6.08 Å². The molecule has 1 fully saturated rings. The molecule has 0 saturated carbocycles. The summed E-state index contributed by atoms with van der Waals surface area (Å²) in [5, 5.41) is 3.14. The van der Waals surface area contributed by atoms with Gasteiger partial charge in [-0.3, -0.25) is 0 Å². The quantitative estimate of drug-likeness (QED) is 0.504. The molecule has 0 aromatic carbocycles. The molecule has 1 aliphatic heterocycles. The van der Waals surface area contributed by atoms with E-state index in [0.29, 0.717) is 0 Å². The van der Waals surface area contributed by atoms with E-state index in [1.165, 1.54) is 0 Å². The molecule has 0 aromatic rings. The fourth-order valence-electron chi connectivity index (χ4n) is 0.478. The molecule has 0 bridgehead atoms. The topological polar surface area (TPSA) is 12.0 Å². The molecule has 1 heterocycles. The van der Waals surface area contributed by atoms with Gasteiger partial charge in [-0.05, 0) is 0 Å². The third-order valence-corrected chi connectivity index (χ3v) is 1.15. The van der Waals surface area contributed by atoms with Crippen molar-refractivity contribution in [1.29, 1.82) is 0 Å². The molecule has 42 valence electrons. The Labute approximate surface area is 50.2 Å². The van der Waals surface area contributed by atoms with Crippen LogP contribution in [0, 0.1) is 5.92 Å². The highest BCUT2D eigenvalue weighted by Crippen LogP contribution is 2.00. The maximum atomic E-state index is 3.64. The maximum absolute atomic E-state index is 3.64. The molecule has 0 amide bonds. The fraction of sp³-hybridized carbons (Fsp3) is 0.600. The van der Waals surface area contributed by atoms with Gasteiger partial charge in [0.2, 0.25) is 0 Å². The van der Waals surface area contributed by atoms with Gasteiger partial charge in [0.25, 0.3) is 0 Å². The van der Waals surface area contributed by atoms with Crippen molar-refractivity contribution < 1.29 is 0 Å². The van der Waals surface area contributed by atoms with E-state index in [1.54, 1.807) is 0 Å². The lowest BCUT2D eigenvalue weighted by atomic mass is 10.1. The average molecular weight is 120 g/mol. The van der Waals surface area contributed by atoms with Crippen LogP contribution in [-0.2, 0) is 0 Å². The van der Waals surface area contributed by atoms with Crippen molar-refractivity contribution in [2.75, 3.05) is 13.1 Å². The first-order valence-corrected chi connectivity index (χ1v) is 2.27. The first-order valence-electron chi connectivity index (χ1n) is 2.27. The van der Waals surface area contributed by atoms with Gasteiger partial charge in [0.05, 0.1) is 0 Å². The molecule has 1 N–H and O–H groups in total. The summed E-state index contributed by atoms with van der Waals surface area (Å²) >= 11 is 0. The Morgan fingerprint density at radius 1 is 1.57 bits per heavy atom. The lowest BCUT2D eigenvalue weighted by Crippen LogP contribution is -2.40. The number of rotatable bonds is 1. The van der Waals surface area contributed by atoms with E-state index in [-0.39, 0.29) is 12.4 Å². The minimum atomic E-state index is 0. The van der Waals surface area contributed by atoms with Crippen molar-refractivity contribution >= 4 is 12.4 Å². The molecule has 0 aliphatic carbocycles. The molecule has 7 heavy (non-hydrogen) atoms. The second-order valence-electron chi connectivity index (χ2n) is 1.65. The summed E-state index contributed by atoms with van der Waals surface area (Å²) in [6.45, 7) is 5.93. The summed E-state index contributed by atoms with van der Waals surface area (Å²) in [7, 11) is 0. The number of nitrogens with one attached hydrogen (secondary N) is 1. The zero-order valence-corrected chi connectivity index (χ0v) is 5.00. The van der Waals surface area contributed by atoms with E-state index in [0.717, 1.165) is 19.0 Å². The zero-order valence-electron chi connectivity index (χ0n) is 4.18. The Bertz CT molecular complexity index is 59.1. The van der Waals surface area contributed by atoms with Crippen molar-refractivity contribution in [2.45, 2.75) is 0 Å². The van der Waals surface area contributed by atoms with E-state index in [1.807, 2.05) is 6.08 Å². The molecule has 0 radical (unpaired) electrons. The van der Waals surface area contributed by atoms with Crippen LogP contribution < -0.4 is 5.32 Å². The van der Waals surface area contributed by atoms with Crippen LogP contribution in [0.3, 0.4) is 0 Å². The summed E-state index contributed by atoms with van der Waals surface area (Å²) < 4.78 is 0. The highest BCUT2D eigenvalue weighted by molar-refractivity contribution is 5.85. The molecule has 0 aromatic heterocycles. The Balaban J connectivity index is 0.000000360. The molecule has 1 saturated heterocycles. The average Bonchev–Trinajstić information content (AvgIpc) is 1.31. The summed E-state index contributed by atoms with van der Waals surface area (Å²) in [5.41, 5.74) is 0. The molecular formula is C5H10ClN. The Morgan fingerprint density at radius 2 is 2.14 bits per heavy atom. The van der Waals surface area contributed by atoms with Crippen LogP contribution in [0.1, 0.15) is 0 Å². The Kier molecular flexibility index (Phi) is 3.05. The third-order valence-electron chi connectivity index (χ3n) is 1.15. The summed E-state index contributed by atoms with van der Waals surface area (Å²) in [6, 6.07) is 0. The number of hydrogen-bond acceptors (Lipinski definition) is 1. The van der Waals surface area contributed by atoms with Gasteiger partial charge in [-0.2, -0.15) is 0 Å². The second-order valence-corrected chi connectivity index (χ2v) is 1.65. The first-order chi connectivity index (χ1) is 2.93. The number of halogens is 1. The third kappa shape index (κ3) is 1.49. The van der Waals surface area contributed by atoms with Gasteiger partial charge in [0.1, 0.15) is 0 Å². The molecule has 1 aliphatic rings. The van der Waals surface area contributed by atoms with Crippen LogP contribution in [0.2, 0.25) is 0 Å². The van der Waals surface area contributed by atoms with Crippen LogP contribution in [0.5, 0.6) is 0 Å². The van der Waals surface area contributed by atoms with Crippen LogP contribution >= 0.6 is 12.4 Å². The van der Waals surface area contributed by atoms with Gasteiger partial charge in [-0.15, -0.1) is 19.0 Å². The fourth-order valence-corrected chi connectivity index (χ4v) is 0.478. The number of hydrogen-bond donors (Lipinski definition) is 1. The molecule has 1 nitrogen and oxygen atoms in total. The monoisotopic (exact) mass is 119 g/mol. The minimum Gasteiger partial charge on any atom is -0.315 e. The molecular weight excluding hydrogens is 110 g/mol. The standard InChI is InChI=1S/C5H9N.ClH/c1-2-5-3-6-4-5;/h2,5-6H,1,3-4H2;1H. The lowest BCUT2D eigenvalue weighted by molar-refractivity contribution is 0.419. The van der Waals surface area contributed by atoms with Crippen LogP contribution in [0.15, 0.2) is 12.7 Å². The van der Waals surface area contributed by atoms with Crippen molar-refractivity contribution in [1.82, 2.24) is 5.32 Å². The van der Waals surface area contributed by atoms with E-state index >= 15 is 0 Å². The zero-order chi connectivity index (χ0) is 4.41. The van der Waals surface area contributed by atoms with Crippen molar-refractivity contribution in [3.05, 3.63) is 12.7 Å². The van der Waals surface area contributed by atoms with Crippen molar-refractivity contribution in [3.8, 4) is 0 Å². The van der Waals surface area contributed by atoms with E-state index < -0.39 is 0 Å². The normalized spacial score (nSPS) is 19.4. The van der Waals surface area contributed by atoms with Crippen molar-refractivity contribution in [2.24, 2.45) is 5.92 Å². The molecule has 1 rings (SSSR count). The molecule has 0 unspecified atom stereocenters. The predicted octanol–water partition coefficient (Wildman–Crippen LogP) is 0.814. The molecule has 0 spiro atoms. The van der Waals surface area contributed by atoms with Gasteiger partial charge in [-0.25, -0.2) is 0 Å². The van der Waals surface area contributed by atoms with E-state index in [4.69, 9.17) is 0 Å². The summed E-state index contributed by atoms with van der Waals surface area (Å²) in [4.78, 5) is 0. The minimum absolute atomic E-state index is 0. The highest BCUT2D eigenvalue weighted by Gasteiger charge is 2.10. The van der Waals surface area contributed by atoms with Crippen molar-refractivity contribution in [3.63, 3.8) is 0 Å². The van der Waals surface area contributed by atoms with Gasteiger partial charge < -0.3 is 5.32 Å². The smallest absolute Gasteiger partial charge is 0.00265 e. The summed E-state index contributed by atoms with van der Waals surface area (Å²) in [6.07, 6.45) is 2.00. The second kappa shape index (κ2) is 3.05. The Morgan fingerprint density at radius 3 is 2.14 bits per heavy atom. The highest BCUT2D eigenvalue weighted by atomic mass is 35.5. The lowest BCUT2D eigenvalue weighted by Gasteiger charge is -2.22. The Hall–Kier alpha value is -0.0100. The summed E-state index contributed by atoms with van der Waals surface area (Å²) in [5.74, 6) is 0.769. The predicted molar refractivity (Wildman–Crippen MR) is 33.8 cm³/mol. The van der Waals surface area contributed by atoms with Gasteiger partial charge >= 0.3 is 0 Å². The maximum Gasteiger partial charge on any atom is 0.00265 e. The SMILES string of the molecule is C=CC1CNC1.Cl. The van der Waals surface area contributed by atoms with E-state index in [9.17, 15) is 0 Å². The van der Waals surface area contributed by atoms with Crippen LogP contribution in [-0.4, -0.2) is 13.1 Å². The van der Waals surface area contributed by atoms with Crippen LogP contribution in [0.25, 0.3) is 0 Å². The largest absolute Gasteiger partial charge is 0.315 e. The van der Waals surface area contributed by atoms with Gasteiger partial charge in [0, 0.05) is 19.0 Å². The van der Waals surface area contributed by atoms with Crippen LogP contribution in [0.4, 0.5) is 0 Å².